The zero-order valence-electron chi connectivity index (χ0n) is 3.84. The largest absolute Gasteiger partial charge is 0.348 e. The molecule has 0 radical (unpaired) electrons. The van der Waals surface area contributed by atoms with Crippen molar-refractivity contribution < 1.29 is 25.9 Å². The van der Waals surface area contributed by atoms with Crippen LogP contribution in [0.3, 0.4) is 0 Å². The molecule has 56 valence electrons. The molecular formula is H3NO6S2. The van der Waals surface area contributed by atoms with Crippen molar-refractivity contribution in [2.45, 2.75) is 0 Å². The second-order valence-corrected chi connectivity index (χ2v) is 3.60. The lowest BCUT2D eigenvalue weighted by Gasteiger charge is -1.91. The van der Waals surface area contributed by atoms with E-state index in [-0.39, 0.29) is 0 Å². The minimum Gasteiger partial charge on any atom is -0.273 e. The van der Waals surface area contributed by atoms with E-state index in [1.807, 2.05) is 0 Å². The smallest absolute Gasteiger partial charge is 0.273 e. The average Bonchev–Trinajstić information content (AvgIpc) is 1.14. The van der Waals surface area contributed by atoms with Gasteiger partial charge < -0.3 is 0 Å². The van der Waals surface area contributed by atoms with Crippen molar-refractivity contribution in [1.29, 1.82) is 0 Å². The Balaban J connectivity index is 4.46. The molecule has 0 rings (SSSR count). The molecule has 9 heavy (non-hydrogen) atoms. The average molecular weight is 177 g/mol. The van der Waals surface area contributed by atoms with E-state index >= 15 is 0 Å². The fourth-order valence-corrected chi connectivity index (χ4v) is 1.20. The molecule has 0 saturated heterocycles. The fraction of sp³-hybridized carbons (Fsp3) is 0. The van der Waals surface area contributed by atoms with Crippen LogP contribution in [0.15, 0.2) is 0 Å². The highest BCUT2D eigenvalue weighted by Gasteiger charge is 2.12. The third kappa shape index (κ3) is 7.78. The van der Waals surface area contributed by atoms with E-state index in [0.717, 1.165) is 0 Å². The Labute approximate surface area is 51.5 Å². The highest BCUT2D eigenvalue weighted by Crippen LogP contribution is 1.77. The molecule has 0 fully saturated rings. The van der Waals surface area contributed by atoms with Crippen molar-refractivity contribution >= 4 is 20.6 Å². The number of rotatable bonds is 2. The van der Waals surface area contributed by atoms with Crippen molar-refractivity contribution in [1.82, 2.24) is 4.13 Å². The van der Waals surface area contributed by atoms with E-state index in [0.29, 0.717) is 4.13 Å². The van der Waals surface area contributed by atoms with Crippen LogP contribution in [0.5, 0.6) is 0 Å². The van der Waals surface area contributed by atoms with Gasteiger partial charge in [-0.1, -0.05) is 4.13 Å². The van der Waals surface area contributed by atoms with Gasteiger partial charge in [0.1, 0.15) is 0 Å². The van der Waals surface area contributed by atoms with Crippen LogP contribution < -0.4 is 4.13 Å². The molecule has 7 nitrogen and oxygen atoms in total. The third-order valence-electron chi connectivity index (χ3n) is 0.211. The zero-order valence-corrected chi connectivity index (χ0v) is 5.48. The van der Waals surface area contributed by atoms with Crippen molar-refractivity contribution in [2.24, 2.45) is 0 Å². The molecule has 0 aliphatic carbocycles. The molecular weight excluding hydrogens is 174 g/mol. The number of nitrogens with one attached hydrogen (secondary N) is 1. The molecule has 3 N–H and O–H groups in total. The monoisotopic (exact) mass is 177 g/mol. The maximum absolute atomic E-state index is 9.55. The molecule has 0 aliphatic heterocycles. The lowest BCUT2D eigenvalue weighted by Crippen LogP contribution is -2.28. The van der Waals surface area contributed by atoms with Crippen molar-refractivity contribution in [3.8, 4) is 0 Å². The van der Waals surface area contributed by atoms with Gasteiger partial charge in [0.25, 0.3) is 0 Å². The first kappa shape index (κ1) is 8.78. The van der Waals surface area contributed by atoms with E-state index in [9.17, 15) is 16.8 Å². The van der Waals surface area contributed by atoms with Gasteiger partial charge in [0, 0.05) is 0 Å². The van der Waals surface area contributed by atoms with E-state index < -0.39 is 20.6 Å². The first-order valence-corrected chi connectivity index (χ1v) is 4.32. The Kier molecular flexibility index (Phi) is 2.14. The zero-order chi connectivity index (χ0) is 7.71. The van der Waals surface area contributed by atoms with Gasteiger partial charge in [0.15, 0.2) is 0 Å². The summed E-state index contributed by atoms with van der Waals surface area (Å²) in [5, 5.41) is 0. The second-order valence-electron chi connectivity index (χ2n) is 1.03. The predicted molar refractivity (Wildman–Crippen MR) is 26.2 cm³/mol. The van der Waals surface area contributed by atoms with Crippen LogP contribution in [0.4, 0.5) is 0 Å². The first-order valence-electron chi connectivity index (χ1n) is 1.44. The molecule has 0 bridgehead atoms. The van der Waals surface area contributed by atoms with E-state index in [2.05, 4.69) is 0 Å². The van der Waals surface area contributed by atoms with Crippen LogP contribution in [-0.2, 0) is 20.6 Å². The summed E-state index contributed by atoms with van der Waals surface area (Å²) in [6.07, 6.45) is 0. The molecule has 9 heteroatoms. The summed E-state index contributed by atoms with van der Waals surface area (Å²) in [6, 6.07) is 0. The van der Waals surface area contributed by atoms with Crippen LogP contribution >= 0.6 is 0 Å². The summed E-state index contributed by atoms with van der Waals surface area (Å²) in [5.41, 5.74) is 0. The van der Waals surface area contributed by atoms with Gasteiger partial charge in [-0.15, -0.1) is 0 Å². The Morgan fingerprint density at radius 2 is 1.11 bits per heavy atom. The quantitative estimate of drug-likeness (QED) is 0.427. The maximum Gasteiger partial charge on any atom is 0.348 e. The lowest BCUT2D eigenvalue weighted by molar-refractivity contribution is 0.456. The lowest BCUT2D eigenvalue weighted by atomic mass is 13.9. The molecule has 0 heterocycles. The van der Waals surface area contributed by atoms with Gasteiger partial charge in [-0.2, -0.15) is 16.8 Å². The Bertz CT molecular complexity index is 236. The van der Waals surface area contributed by atoms with Gasteiger partial charge in [-0.05, 0) is 0 Å². The number of hydrogen-bond donors (Lipinski definition) is 3. The summed E-state index contributed by atoms with van der Waals surface area (Å²) in [5.74, 6) is 0. The predicted octanol–water partition coefficient (Wildman–Crippen LogP) is -1.82. The Morgan fingerprint density at radius 1 is 0.889 bits per heavy atom. The van der Waals surface area contributed by atoms with Crippen molar-refractivity contribution in [3.05, 3.63) is 0 Å². The number of hydrogen-bond acceptors (Lipinski definition) is 4. The summed E-state index contributed by atoms with van der Waals surface area (Å²) < 4.78 is 54.1. The van der Waals surface area contributed by atoms with Gasteiger partial charge >= 0.3 is 20.6 Å². The first-order chi connectivity index (χ1) is 3.71. The molecule has 0 atom stereocenters. The van der Waals surface area contributed by atoms with Crippen molar-refractivity contribution in [2.75, 3.05) is 0 Å². The molecule has 0 saturated carbocycles. The van der Waals surface area contributed by atoms with Crippen LogP contribution in [0, 0.1) is 0 Å². The molecule has 0 spiro atoms. The van der Waals surface area contributed by atoms with Gasteiger partial charge in [0.2, 0.25) is 0 Å². The molecule has 0 amide bonds. The minimum atomic E-state index is -4.87. The Hall–Kier alpha value is -0.220. The summed E-state index contributed by atoms with van der Waals surface area (Å²) >= 11 is 0. The van der Waals surface area contributed by atoms with Gasteiger partial charge in [-0.25, -0.2) is 0 Å². The van der Waals surface area contributed by atoms with Crippen LogP contribution in [0.2, 0.25) is 0 Å². The van der Waals surface area contributed by atoms with Gasteiger partial charge in [-0.3, -0.25) is 9.11 Å². The summed E-state index contributed by atoms with van der Waals surface area (Å²) in [4.78, 5) is 0. The molecule has 0 aromatic rings. The molecule has 0 unspecified atom stereocenters. The summed E-state index contributed by atoms with van der Waals surface area (Å²) in [7, 11) is -9.74. The normalized spacial score (nSPS) is 13.6. The molecule has 0 aliphatic rings. The third-order valence-corrected chi connectivity index (χ3v) is 1.90. The van der Waals surface area contributed by atoms with E-state index in [1.165, 1.54) is 0 Å². The topological polar surface area (TPSA) is 121 Å². The standard InChI is InChI=1S/H3NO6S2/c2-8(3,4)1-9(5,6)7/h1H,(H,2,3,4)(H,5,6,7). The van der Waals surface area contributed by atoms with Crippen LogP contribution in [0.25, 0.3) is 0 Å². The SMILES string of the molecule is O=S(=O)(O)NS(=O)(=O)O. The highest BCUT2D eigenvalue weighted by atomic mass is 32.3. The fourth-order valence-electron chi connectivity index (χ4n) is 0.133. The van der Waals surface area contributed by atoms with Crippen LogP contribution in [0.1, 0.15) is 0 Å². The van der Waals surface area contributed by atoms with Crippen molar-refractivity contribution in [3.63, 3.8) is 0 Å². The van der Waals surface area contributed by atoms with Crippen LogP contribution in [-0.4, -0.2) is 25.9 Å². The molecule has 0 aromatic carbocycles. The second kappa shape index (κ2) is 2.19. The Morgan fingerprint density at radius 3 is 1.11 bits per heavy atom. The maximum atomic E-state index is 9.55. The van der Waals surface area contributed by atoms with E-state index in [1.54, 1.807) is 0 Å². The molecule has 0 aromatic heterocycles. The highest BCUT2D eigenvalue weighted by molar-refractivity contribution is 7.99. The minimum absolute atomic E-state index is 0.514. The summed E-state index contributed by atoms with van der Waals surface area (Å²) in [6.45, 7) is 0. The van der Waals surface area contributed by atoms with Gasteiger partial charge in [0.05, 0.1) is 0 Å². The van der Waals surface area contributed by atoms with E-state index in [4.69, 9.17) is 9.11 Å².